The maximum absolute atomic E-state index is 12.2. The summed E-state index contributed by atoms with van der Waals surface area (Å²) in [7, 11) is 1.86. The van der Waals surface area contributed by atoms with E-state index >= 15 is 0 Å². The SMILES string of the molecule is Cn1cc(-c2ccncc2/C=C/C(=O)Nc2ccc3ncoc3c2)cn1. The molecule has 3 aromatic heterocycles. The van der Waals surface area contributed by atoms with E-state index in [0.717, 1.165) is 22.2 Å². The van der Waals surface area contributed by atoms with Crippen molar-refractivity contribution in [1.29, 1.82) is 0 Å². The monoisotopic (exact) mass is 345 g/mol. The molecule has 7 nitrogen and oxygen atoms in total. The fourth-order valence-corrected chi connectivity index (χ4v) is 2.64. The van der Waals surface area contributed by atoms with Gasteiger partial charge < -0.3 is 9.73 Å². The van der Waals surface area contributed by atoms with Crippen molar-refractivity contribution in [2.45, 2.75) is 0 Å². The molecule has 0 spiro atoms. The zero-order valence-corrected chi connectivity index (χ0v) is 14.0. The molecule has 4 rings (SSSR count). The van der Waals surface area contributed by atoms with Gasteiger partial charge in [0.1, 0.15) is 5.52 Å². The van der Waals surface area contributed by atoms with Crippen molar-refractivity contribution in [3.63, 3.8) is 0 Å². The second kappa shape index (κ2) is 6.64. The molecule has 0 saturated heterocycles. The number of hydrogen-bond donors (Lipinski definition) is 1. The van der Waals surface area contributed by atoms with Crippen LogP contribution in [0.4, 0.5) is 5.69 Å². The van der Waals surface area contributed by atoms with Gasteiger partial charge in [-0.15, -0.1) is 0 Å². The number of nitrogens with one attached hydrogen (secondary N) is 1. The first-order valence-electron chi connectivity index (χ1n) is 7.94. The van der Waals surface area contributed by atoms with Crippen LogP contribution in [0.15, 0.2) is 65.9 Å². The molecule has 0 aliphatic rings. The summed E-state index contributed by atoms with van der Waals surface area (Å²) in [5, 5.41) is 6.99. The lowest BCUT2D eigenvalue weighted by molar-refractivity contribution is -0.111. The highest BCUT2D eigenvalue weighted by Crippen LogP contribution is 2.23. The lowest BCUT2D eigenvalue weighted by Crippen LogP contribution is -2.07. The van der Waals surface area contributed by atoms with Crippen LogP contribution in [-0.2, 0) is 11.8 Å². The highest BCUT2D eigenvalue weighted by atomic mass is 16.3. The number of benzene rings is 1. The van der Waals surface area contributed by atoms with Crippen LogP contribution in [0.25, 0.3) is 28.3 Å². The average molecular weight is 345 g/mol. The van der Waals surface area contributed by atoms with Gasteiger partial charge in [-0.2, -0.15) is 5.10 Å². The van der Waals surface area contributed by atoms with Crippen LogP contribution in [0.2, 0.25) is 0 Å². The summed E-state index contributed by atoms with van der Waals surface area (Å²) in [5.41, 5.74) is 4.77. The van der Waals surface area contributed by atoms with Crippen LogP contribution in [0.1, 0.15) is 5.56 Å². The third kappa shape index (κ3) is 3.23. The first-order chi connectivity index (χ1) is 12.7. The Hall–Kier alpha value is -3.74. The van der Waals surface area contributed by atoms with Crippen molar-refractivity contribution in [2.75, 3.05) is 5.32 Å². The van der Waals surface area contributed by atoms with E-state index in [9.17, 15) is 4.79 Å². The van der Waals surface area contributed by atoms with Crippen LogP contribution in [0.3, 0.4) is 0 Å². The highest BCUT2D eigenvalue weighted by molar-refractivity contribution is 6.03. The third-order valence-corrected chi connectivity index (χ3v) is 3.88. The van der Waals surface area contributed by atoms with Crippen LogP contribution in [0, 0.1) is 0 Å². The molecule has 1 N–H and O–H groups in total. The molecule has 0 bridgehead atoms. The number of amides is 1. The fraction of sp³-hybridized carbons (Fsp3) is 0.0526. The maximum atomic E-state index is 12.2. The Morgan fingerprint density at radius 1 is 1.27 bits per heavy atom. The van der Waals surface area contributed by atoms with E-state index in [1.165, 1.54) is 12.5 Å². The van der Waals surface area contributed by atoms with E-state index in [1.807, 2.05) is 19.3 Å². The van der Waals surface area contributed by atoms with E-state index < -0.39 is 0 Å². The predicted molar refractivity (Wildman–Crippen MR) is 98.1 cm³/mol. The second-order valence-electron chi connectivity index (χ2n) is 5.72. The molecule has 3 heterocycles. The molecule has 0 atom stereocenters. The normalized spacial score (nSPS) is 11.3. The molecule has 128 valence electrons. The van der Waals surface area contributed by atoms with Gasteiger partial charge in [-0.25, -0.2) is 4.98 Å². The Morgan fingerprint density at radius 3 is 3.04 bits per heavy atom. The molecule has 1 aromatic carbocycles. The molecule has 0 radical (unpaired) electrons. The fourth-order valence-electron chi connectivity index (χ4n) is 2.64. The summed E-state index contributed by atoms with van der Waals surface area (Å²) in [6.07, 6.45) is 11.7. The van der Waals surface area contributed by atoms with Gasteiger partial charge in [-0.05, 0) is 29.8 Å². The van der Waals surface area contributed by atoms with Gasteiger partial charge >= 0.3 is 0 Å². The summed E-state index contributed by atoms with van der Waals surface area (Å²) >= 11 is 0. The van der Waals surface area contributed by atoms with Crippen molar-refractivity contribution in [2.24, 2.45) is 7.05 Å². The highest BCUT2D eigenvalue weighted by Gasteiger charge is 2.06. The number of fused-ring (bicyclic) bond motifs is 1. The standard InChI is InChI=1S/C19H15N5O2/c1-24-11-14(10-22-24)16-6-7-20-9-13(16)2-5-19(25)23-15-3-4-17-18(8-15)26-12-21-17/h2-12H,1H3,(H,23,25)/b5-2+. The number of anilines is 1. The minimum atomic E-state index is -0.246. The number of rotatable bonds is 4. The van der Waals surface area contributed by atoms with Crippen molar-refractivity contribution in [3.8, 4) is 11.1 Å². The summed E-state index contributed by atoms with van der Waals surface area (Å²) in [6.45, 7) is 0. The molecular weight excluding hydrogens is 330 g/mol. The van der Waals surface area contributed by atoms with E-state index in [0.29, 0.717) is 11.3 Å². The van der Waals surface area contributed by atoms with Crippen molar-refractivity contribution >= 4 is 28.8 Å². The lowest BCUT2D eigenvalue weighted by atomic mass is 10.0. The summed E-state index contributed by atoms with van der Waals surface area (Å²) < 4.78 is 6.97. The van der Waals surface area contributed by atoms with Crippen molar-refractivity contribution in [1.82, 2.24) is 19.7 Å². The Bertz CT molecular complexity index is 1110. The molecule has 26 heavy (non-hydrogen) atoms. The van der Waals surface area contributed by atoms with Crippen molar-refractivity contribution < 1.29 is 9.21 Å². The van der Waals surface area contributed by atoms with E-state index in [1.54, 1.807) is 47.5 Å². The zero-order chi connectivity index (χ0) is 17.9. The van der Waals surface area contributed by atoms with Gasteiger partial charge in [0.05, 0.1) is 6.20 Å². The number of nitrogens with zero attached hydrogens (tertiary/aromatic N) is 4. The first kappa shape index (κ1) is 15.8. The van der Waals surface area contributed by atoms with Crippen LogP contribution in [0.5, 0.6) is 0 Å². The Kier molecular flexibility index (Phi) is 4.03. The summed E-state index contributed by atoms with van der Waals surface area (Å²) in [4.78, 5) is 20.4. The molecule has 4 aromatic rings. The minimum Gasteiger partial charge on any atom is -0.443 e. The van der Waals surface area contributed by atoms with Gasteiger partial charge in [0.15, 0.2) is 12.0 Å². The number of aryl methyl sites for hydroxylation is 1. The number of oxazole rings is 1. The zero-order valence-electron chi connectivity index (χ0n) is 14.0. The van der Waals surface area contributed by atoms with E-state index in [2.05, 4.69) is 20.4 Å². The van der Waals surface area contributed by atoms with Gasteiger partial charge in [0.2, 0.25) is 5.91 Å². The number of pyridine rings is 1. The summed E-state index contributed by atoms with van der Waals surface area (Å²) in [6, 6.07) is 7.20. The van der Waals surface area contributed by atoms with Gasteiger partial charge in [0.25, 0.3) is 0 Å². The molecular formula is C19H15N5O2. The third-order valence-electron chi connectivity index (χ3n) is 3.88. The predicted octanol–water partition coefficient (Wildman–Crippen LogP) is 3.28. The topological polar surface area (TPSA) is 85.8 Å². The van der Waals surface area contributed by atoms with Crippen LogP contribution >= 0.6 is 0 Å². The molecule has 0 aliphatic heterocycles. The molecule has 0 aliphatic carbocycles. The first-order valence-corrected chi connectivity index (χ1v) is 7.94. The van der Waals surface area contributed by atoms with Gasteiger partial charge in [-0.1, -0.05) is 0 Å². The van der Waals surface area contributed by atoms with Crippen LogP contribution in [-0.4, -0.2) is 25.7 Å². The Morgan fingerprint density at radius 2 is 2.19 bits per heavy atom. The minimum absolute atomic E-state index is 0.246. The number of carbonyl (C=O) groups excluding carboxylic acids is 1. The molecule has 7 heteroatoms. The number of hydrogen-bond acceptors (Lipinski definition) is 5. The largest absolute Gasteiger partial charge is 0.443 e. The van der Waals surface area contributed by atoms with Crippen LogP contribution < -0.4 is 5.32 Å². The lowest BCUT2D eigenvalue weighted by Gasteiger charge is -2.03. The Balaban J connectivity index is 1.53. The number of aromatic nitrogens is 4. The second-order valence-corrected chi connectivity index (χ2v) is 5.72. The Labute approximate surface area is 149 Å². The van der Waals surface area contributed by atoms with Gasteiger partial charge in [-0.3, -0.25) is 14.5 Å². The van der Waals surface area contributed by atoms with Crippen molar-refractivity contribution in [3.05, 3.63) is 67.1 Å². The molecule has 1 amide bonds. The molecule has 0 saturated carbocycles. The van der Waals surface area contributed by atoms with E-state index in [4.69, 9.17) is 4.42 Å². The number of carbonyl (C=O) groups is 1. The molecule has 0 unspecified atom stereocenters. The summed E-state index contributed by atoms with van der Waals surface area (Å²) in [5.74, 6) is -0.246. The molecule has 0 fully saturated rings. The van der Waals surface area contributed by atoms with E-state index in [-0.39, 0.29) is 5.91 Å². The average Bonchev–Trinajstić information content (AvgIpc) is 3.28. The maximum Gasteiger partial charge on any atom is 0.248 e. The van der Waals surface area contributed by atoms with Gasteiger partial charge in [0, 0.05) is 54.6 Å². The smallest absolute Gasteiger partial charge is 0.248 e. The quantitative estimate of drug-likeness (QED) is 0.574.